The molecule has 3 N–H and O–H groups in total. The molecular formula is C18H31ClN2O2. The van der Waals surface area contributed by atoms with Gasteiger partial charge in [-0.05, 0) is 42.0 Å². The Balaban J connectivity index is 0.00000484. The number of benzene rings is 1. The maximum Gasteiger partial charge on any atom is 0.220 e. The number of hydrogen-bond acceptors (Lipinski definition) is 3. The van der Waals surface area contributed by atoms with Gasteiger partial charge in [-0.3, -0.25) is 4.79 Å². The summed E-state index contributed by atoms with van der Waals surface area (Å²) in [6.07, 6.45) is 1.20. The molecular weight excluding hydrogens is 312 g/mol. The summed E-state index contributed by atoms with van der Waals surface area (Å²) in [5, 5.41) is 2.88. The molecule has 0 saturated carbocycles. The van der Waals surface area contributed by atoms with E-state index in [2.05, 4.69) is 38.2 Å². The van der Waals surface area contributed by atoms with Gasteiger partial charge in [0.15, 0.2) is 0 Å². The number of hydrogen-bond donors (Lipinski definition) is 2. The van der Waals surface area contributed by atoms with E-state index >= 15 is 0 Å². The van der Waals surface area contributed by atoms with E-state index in [4.69, 9.17) is 10.5 Å². The van der Waals surface area contributed by atoms with Gasteiger partial charge in [-0.2, -0.15) is 0 Å². The first kappa shape index (κ1) is 21.7. The molecule has 0 spiro atoms. The predicted molar refractivity (Wildman–Crippen MR) is 98.3 cm³/mol. The second kappa shape index (κ2) is 10.5. The van der Waals surface area contributed by atoms with Crippen molar-refractivity contribution in [2.45, 2.75) is 46.0 Å². The van der Waals surface area contributed by atoms with Gasteiger partial charge in [0.05, 0.1) is 6.61 Å². The van der Waals surface area contributed by atoms with Crippen LogP contribution in [0.1, 0.15) is 46.1 Å². The van der Waals surface area contributed by atoms with Crippen molar-refractivity contribution in [1.29, 1.82) is 0 Å². The van der Waals surface area contributed by atoms with Crippen molar-refractivity contribution in [1.82, 2.24) is 5.32 Å². The Morgan fingerprint density at radius 2 is 1.87 bits per heavy atom. The molecule has 1 unspecified atom stereocenters. The highest BCUT2D eigenvalue weighted by Crippen LogP contribution is 2.24. The fourth-order valence-electron chi connectivity index (χ4n) is 1.93. The lowest BCUT2D eigenvalue weighted by atomic mass is 9.87. The minimum absolute atomic E-state index is 0. The van der Waals surface area contributed by atoms with Gasteiger partial charge >= 0.3 is 0 Å². The van der Waals surface area contributed by atoms with E-state index in [0.29, 0.717) is 38.5 Å². The summed E-state index contributed by atoms with van der Waals surface area (Å²) in [5.41, 5.74) is 6.95. The normalized spacial score (nSPS) is 12.2. The van der Waals surface area contributed by atoms with Gasteiger partial charge in [0.2, 0.25) is 5.91 Å². The number of nitrogens with two attached hydrogens (primary N) is 1. The van der Waals surface area contributed by atoms with Crippen molar-refractivity contribution in [2.24, 2.45) is 11.7 Å². The van der Waals surface area contributed by atoms with Gasteiger partial charge < -0.3 is 15.8 Å². The summed E-state index contributed by atoms with van der Waals surface area (Å²) in [5.74, 6) is 1.23. The lowest BCUT2D eigenvalue weighted by Crippen LogP contribution is -2.31. The average molecular weight is 343 g/mol. The van der Waals surface area contributed by atoms with Crippen LogP contribution in [0.25, 0.3) is 0 Å². The Morgan fingerprint density at radius 1 is 1.26 bits per heavy atom. The van der Waals surface area contributed by atoms with Crippen molar-refractivity contribution < 1.29 is 9.53 Å². The summed E-state index contributed by atoms with van der Waals surface area (Å²) in [6.45, 7) is 10.4. The highest BCUT2D eigenvalue weighted by molar-refractivity contribution is 5.85. The van der Waals surface area contributed by atoms with E-state index in [0.717, 1.165) is 5.75 Å². The second-order valence-corrected chi connectivity index (χ2v) is 6.87. The molecule has 0 bridgehead atoms. The summed E-state index contributed by atoms with van der Waals surface area (Å²) < 4.78 is 5.67. The molecule has 1 amide bonds. The SMILES string of the molecule is CC(CN)CNC(=O)CCCOc1ccc(C(C)(C)C)cc1.Cl. The largest absolute Gasteiger partial charge is 0.494 e. The summed E-state index contributed by atoms with van der Waals surface area (Å²) in [6, 6.07) is 8.17. The molecule has 1 rings (SSSR count). The third-order valence-electron chi connectivity index (χ3n) is 3.59. The second-order valence-electron chi connectivity index (χ2n) is 6.87. The molecule has 0 aromatic heterocycles. The van der Waals surface area contributed by atoms with E-state index < -0.39 is 0 Å². The quantitative estimate of drug-likeness (QED) is 0.712. The van der Waals surface area contributed by atoms with Gasteiger partial charge in [-0.25, -0.2) is 0 Å². The molecule has 0 radical (unpaired) electrons. The third-order valence-corrected chi connectivity index (χ3v) is 3.59. The summed E-state index contributed by atoms with van der Waals surface area (Å²) in [4.78, 5) is 11.6. The Kier molecular flexibility index (Phi) is 9.93. The molecule has 0 aliphatic carbocycles. The first-order valence-electron chi connectivity index (χ1n) is 8.03. The summed E-state index contributed by atoms with van der Waals surface area (Å²) in [7, 11) is 0. The first-order chi connectivity index (χ1) is 10.3. The van der Waals surface area contributed by atoms with Crippen LogP contribution in [0.3, 0.4) is 0 Å². The Bertz CT molecular complexity index is 455. The van der Waals surface area contributed by atoms with Gasteiger partial charge in [0.1, 0.15) is 5.75 Å². The van der Waals surface area contributed by atoms with Crippen LogP contribution in [-0.2, 0) is 10.2 Å². The van der Waals surface area contributed by atoms with Crippen LogP contribution < -0.4 is 15.8 Å². The van der Waals surface area contributed by atoms with E-state index in [9.17, 15) is 4.79 Å². The zero-order valence-corrected chi connectivity index (χ0v) is 15.5. The van der Waals surface area contributed by atoms with Crippen LogP contribution in [0.2, 0.25) is 0 Å². The first-order valence-corrected chi connectivity index (χ1v) is 8.03. The monoisotopic (exact) mass is 342 g/mol. The van der Waals surface area contributed by atoms with Crippen molar-refractivity contribution in [3.05, 3.63) is 29.8 Å². The van der Waals surface area contributed by atoms with Crippen molar-refractivity contribution in [3.63, 3.8) is 0 Å². The fraction of sp³-hybridized carbons (Fsp3) is 0.611. The lowest BCUT2D eigenvalue weighted by Gasteiger charge is -2.19. The Hall–Kier alpha value is -1.26. The van der Waals surface area contributed by atoms with Crippen LogP contribution >= 0.6 is 12.4 Å². The maximum atomic E-state index is 11.6. The van der Waals surface area contributed by atoms with Crippen LogP contribution in [-0.4, -0.2) is 25.6 Å². The van der Waals surface area contributed by atoms with E-state index in [1.54, 1.807) is 0 Å². The van der Waals surface area contributed by atoms with Crippen LogP contribution in [0, 0.1) is 5.92 Å². The van der Waals surface area contributed by atoms with E-state index in [1.807, 2.05) is 19.1 Å². The molecule has 1 aromatic carbocycles. The van der Waals surface area contributed by atoms with Crippen LogP contribution in [0.5, 0.6) is 5.75 Å². The molecule has 1 atom stereocenters. The maximum absolute atomic E-state index is 11.6. The number of halogens is 1. The molecule has 1 aromatic rings. The standard InChI is InChI=1S/C18H30N2O2.ClH/c1-14(12-19)13-20-17(21)6-5-11-22-16-9-7-15(8-10-16)18(2,3)4;/h7-10,14H,5-6,11-13,19H2,1-4H3,(H,20,21);1H. The fourth-order valence-corrected chi connectivity index (χ4v) is 1.93. The zero-order chi connectivity index (χ0) is 16.6. The lowest BCUT2D eigenvalue weighted by molar-refractivity contribution is -0.121. The topological polar surface area (TPSA) is 64.3 Å². The Labute approximate surface area is 146 Å². The average Bonchev–Trinajstić information content (AvgIpc) is 2.48. The highest BCUT2D eigenvalue weighted by Gasteiger charge is 2.12. The smallest absolute Gasteiger partial charge is 0.220 e. The number of ether oxygens (including phenoxy) is 1. The summed E-state index contributed by atoms with van der Waals surface area (Å²) >= 11 is 0. The molecule has 0 aliphatic rings. The van der Waals surface area contributed by atoms with Crippen LogP contribution in [0.15, 0.2) is 24.3 Å². The number of rotatable bonds is 8. The van der Waals surface area contributed by atoms with E-state index in [-0.39, 0.29) is 23.7 Å². The molecule has 0 heterocycles. The number of nitrogens with one attached hydrogen (secondary N) is 1. The van der Waals surface area contributed by atoms with Gasteiger partial charge in [-0.15, -0.1) is 12.4 Å². The number of carbonyl (C=O) groups is 1. The van der Waals surface area contributed by atoms with Gasteiger partial charge in [-0.1, -0.05) is 39.8 Å². The number of carbonyl (C=O) groups excluding carboxylic acids is 1. The van der Waals surface area contributed by atoms with Crippen molar-refractivity contribution >= 4 is 18.3 Å². The minimum atomic E-state index is 0. The van der Waals surface area contributed by atoms with Gasteiger partial charge in [0.25, 0.3) is 0 Å². The zero-order valence-electron chi connectivity index (χ0n) is 14.7. The highest BCUT2D eigenvalue weighted by atomic mass is 35.5. The molecule has 0 saturated heterocycles. The third kappa shape index (κ3) is 8.82. The molecule has 132 valence electrons. The molecule has 23 heavy (non-hydrogen) atoms. The number of amides is 1. The van der Waals surface area contributed by atoms with Crippen molar-refractivity contribution in [2.75, 3.05) is 19.7 Å². The Morgan fingerprint density at radius 3 is 2.39 bits per heavy atom. The van der Waals surface area contributed by atoms with Crippen LogP contribution in [0.4, 0.5) is 0 Å². The molecule has 5 heteroatoms. The van der Waals surface area contributed by atoms with Crippen molar-refractivity contribution in [3.8, 4) is 5.75 Å². The molecule has 0 aliphatic heterocycles. The predicted octanol–water partition coefficient (Wildman–Crippen LogP) is 3.28. The van der Waals surface area contributed by atoms with E-state index in [1.165, 1.54) is 5.56 Å². The molecule has 4 nitrogen and oxygen atoms in total. The molecule has 0 fully saturated rings. The minimum Gasteiger partial charge on any atom is -0.494 e. The van der Waals surface area contributed by atoms with Gasteiger partial charge in [0, 0.05) is 13.0 Å².